The summed E-state index contributed by atoms with van der Waals surface area (Å²) in [5, 5.41) is 13.1. The number of amides is 1. The van der Waals surface area contributed by atoms with Crippen LogP contribution in [0.25, 0.3) is 0 Å². The number of carbonyl (C=O) groups is 1. The second-order valence-corrected chi connectivity index (χ2v) is 3.83. The quantitative estimate of drug-likeness (QED) is 0.634. The summed E-state index contributed by atoms with van der Waals surface area (Å²) in [6.45, 7) is 0. The summed E-state index contributed by atoms with van der Waals surface area (Å²) in [6.07, 6.45) is 1.94. The molecule has 1 aliphatic rings. The van der Waals surface area contributed by atoms with Gasteiger partial charge in [0.1, 0.15) is 5.75 Å². The van der Waals surface area contributed by atoms with E-state index in [9.17, 15) is 14.9 Å². The van der Waals surface area contributed by atoms with Crippen molar-refractivity contribution < 1.29 is 14.5 Å². The molecule has 1 fully saturated rings. The third-order valence-corrected chi connectivity index (χ3v) is 2.47. The van der Waals surface area contributed by atoms with Gasteiger partial charge in [-0.05, 0) is 18.9 Å². The molecule has 6 heteroatoms. The molecule has 0 aromatic heterocycles. The molecule has 1 aliphatic carbocycles. The third-order valence-electron chi connectivity index (χ3n) is 2.47. The Hall–Kier alpha value is -2.11. The van der Waals surface area contributed by atoms with E-state index in [-0.39, 0.29) is 23.4 Å². The van der Waals surface area contributed by atoms with E-state index in [1.165, 1.54) is 25.2 Å². The van der Waals surface area contributed by atoms with Crippen molar-refractivity contribution in [2.45, 2.75) is 18.9 Å². The fourth-order valence-electron chi connectivity index (χ4n) is 1.41. The van der Waals surface area contributed by atoms with E-state index >= 15 is 0 Å². The second-order valence-electron chi connectivity index (χ2n) is 3.83. The Morgan fingerprint density at radius 3 is 2.76 bits per heavy atom. The lowest BCUT2D eigenvalue weighted by atomic mass is 10.1. The molecular formula is C11H12N2O4. The second kappa shape index (κ2) is 4.40. The van der Waals surface area contributed by atoms with Gasteiger partial charge in [0.05, 0.1) is 22.7 Å². The van der Waals surface area contributed by atoms with Crippen LogP contribution in [-0.4, -0.2) is 24.0 Å². The molecule has 6 nitrogen and oxygen atoms in total. The normalized spacial score (nSPS) is 14.2. The van der Waals surface area contributed by atoms with E-state index in [1.54, 1.807) is 0 Å². The first-order valence-corrected chi connectivity index (χ1v) is 5.29. The van der Waals surface area contributed by atoms with E-state index in [0.717, 1.165) is 12.8 Å². The number of ether oxygens (including phenoxy) is 1. The molecule has 1 amide bonds. The summed E-state index contributed by atoms with van der Waals surface area (Å²) in [5.41, 5.74) is 0.248. The van der Waals surface area contributed by atoms with Crippen molar-refractivity contribution >= 4 is 11.6 Å². The zero-order chi connectivity index (χ0) is 12.4. The number of nitro groups is 1. The number of hydrogen-bond acceptors (Lipinski definition) is 4. The minimum atomic E-state index is -0.507. The van der Waals surface area contributed by atoms with Crippen LogP contribution < -0.4 is 10.1 Å². The van der Waals surface area contributed by atoms with Crippen LogP contribution >= 0.6 is 0 Å². The van der Waals surface area contributed by atoms with Crippen molar-refractivity contribution in [1.82, 2.24) is 5.32 Å². The molecular weight excluding hydrogens is 224 g/mol. The fourth-order valence-corrected chi connectivity index (χ4v) is 1.41. The van der Waals surface area contributed by atoms with E-state index in [2.05, 4.69) is 5.32 Å². The average Bonchev–Trinajstić information content (AvgIpc) is 3.11. The van der Waals surface area contributed by atoms with Gasteiger partial charge in [-0.3, -0.25) is 14.9 Å². The zero-order valence-corrected chi connectivity index (χ0v) is 9.30. The number of nitro benzene ring substituents is 1. The molecule has 0 bridgehead atoms. The molecule has 1 saturated carbocycles. The first kappa shape index (κ1) is 11.4. The number of nitrogens with zero attached hydrogens (tertiary/aromatic N) is 1. The van der Waals surface area contributed by atoms with Gasteiger partial charge in [0.15, 0.2) is 0 Å². The van der Waals surface area contributed by atoms with Crippen LogP contribution in [0.2, 0.25) is 0 Å². The Bertz CT molecular complexity index is 469. The number of benzene rings is 1. The van der Waals surface area contributed by atoms with Crippen molar-refractivity contribution in [3.63, 3.8) is 0 Å². The van der Waals surface area contributed by atoms with Crippen LogP contribution in [-0.2, 0) is 0 Å². The Kier molecular flexibility index (Phi) is 2.95. The molecule has 1 aromatic rings. The standard InChI is InChI=1S/C11H12N2O4/c1-12-11(14)9-5-2-7(13(15)16)6-10(9)17-8-3-4-8/h2,5-6,8H,3-4H2,1H3,(H,12,14). The van der Waals surface area contributed by atoms with Gasteiger partial charge < -0.3 is 10.1 Å². The maximum Gasteiger partial charge on any atom is 0.273 e. The molecule has 0 aliphatic heterocycles. The number of carbonyl (C=O) groups excluding carboxylic acids is 1. The minimum Gasteiger partial charge on any atom is -0.489 e. The summed E-state index contributed by atoms with van der Waals surface area (Å²) < 4.78 is 5.50. The van der Waals surface area contributed by atoms with Crippen LogP contribution in [0.3, 0.4) is 0 Å². The Balaban J connectivity index is 2.35. The van der Waals surface area contributed by atoms with Gasteiger partial charge in [-0.2, -0.15) is 0 Å². The van der Waals surface area contributed by atoms with Crippen molar-refractivity contribution in [3.05, 3.63) is 33.9 Å². The van der Waals surface area contributed by atoms with Crippen LogP contribution in [0.5, 0.6) is 5.75 Å². The van der Waals surface area contributed by atoms with Gasteiger partial charge in [-0.15, -0.1) is 0 Å². The third kappa shape index (κ3) is 2.52. The van der Waals surface area contributed by atoms with Crippen LogP contribution in [0.1, 0.15) is 23.2 Å². The maximum atomic E-state index is 11.6. The Morgan fingerprint density at radius 2 is 2.24 bits per heavy atom. The summed E-state index contributed by atoms with van der Waals surface area (Å²) >= 11 is 0. The molecule has 17 heavy (non-hydrogen) atoms. The maximum absolute atomic E-state index is 11.6. The van der Waals surface area contributed by atoms with E-state index in [0.29, 0.717) is 5.56 Å². The van der Waals surface area contributed by atoms with Gasteiger partial charge in [0.25, 0.3) is 11.6 Å². The smallest absolute Gasteiger partial charge is 0.273 e. The summed E-state index contributed by atoms with van der Waals surface area (Å²) in [6, 6.07) is 4.00. The highest BCUT2D eigenvalue weighted by atomic mass is 16.6. The summed E-state index contributed by atoms with van der Waals surface area (Å²) in [5.74, 6) is -0.0309. The predicted octanol–water partition coefficient (Wildman–Crippen LogP) is 1.50. The van der Waals surface area contributed by atoms with Gasteiger partial charge in [0, 0.05) is 13.1 Å². The fraction of sp³-hybridized carbons (Fsp3) is 0.364. The number of nitrogens with one attached hydrogen (secondary N) is 1. The monoisotopic (exact) mass is 236 g/mol. The molecule has 0 atom stereocenters. The first-order valence-electron chi connectivity index (χ1n) is 5.29. The lowest BCUT2D eigenvalue weighted by Gasteiger charge is -2.09. The highest BCUT2D eigenvalue weighted by Gasteiger charge is 2.26. The molecule has 90 valence electrons. The SMILES string of the molecule is CNC(=O)c1ccc([N+](=O)[O-])cc1OC1CC1. The summed E-state index contributed by atoms with van der Waals surface area (Å²) in [4.78, 5) is 21.7. The molecule has 0 saturated heterocycles. The molecule has 1 aromatic carbocycles. The van der Waals surface area contributed by atoms with Crippen LogP contribution in [0.4, 0.5) is 5.69 Å². The molecule has 0 heterocycles. The Labute approximate surface area is 97.7 Å². The molecule has 0 radical (unpaired) electrons. The van der Waals surface area contributed by atoms with Crippen molar-refractivity contribution in [2.24, 2.45) is 0 Å². The van der Waals surface area contributed by atoms with Gasteiger partial charge >= 0.3 is 0 Å². The highest BCUT2D eigenvalue weighted by molar-refractivity contribution is 5.97. The lowest BCUT2D eigenvalue weighted by molar-refractivity contribution is -0.384. The lowest BCUT2D eigenvalue weighted by Crippen LogP contribution is -2.19. The topological polar surface area (TPSA) is 81.5 Å². The Morgan fingerprint density at radius 1 is 1.53 bits per heavy atom. The highest BCUT2D eigenvalue weighted by Crippen LogP contribution is 2.31. The van der Waals surface area contributed by atoms with E-state index in [1.807, 2.05) is 0 Å². The largest absolute Gasteiger partial charge is 0.489 e. The van der Waals surface area contributed by atoms with Gasteiger partial charge in [0.2, 0.25) is 0 Å². The zero-order valence-electron chi connectivity index (χ0n) is 9.30. The molecule has 1 N–H and O–H groups in total. The average molecular weight is 236 g/mol. The molecule has 2 rings (SSSR count). The molecule has 0 spiro atoms. The predicted molar refractivity (Wildman–Crippen MR) is 60.1 cm³/mol. The summed E-state index contributed by atoms with van der Waals surface area (Å²) in [7, 11) is 1.50. The van der Waals surface area contributed by atoms with Crippen molar-refractivity contribution in [1.29, 1.82) is 0 Å². The van der Waals surface area contributed by atoms with Crippen molar-refractivity contribution in [2.75, 3.05) is 7.05 Å². The molecule has 0 unspecified atom stereocenters. The minimum absolute atomic E-state index is 0.0756. The number of hydrogen-bond donors (Lipinski definition) is 1. The van der Waals surface area contributed by atoms with Crippen molar-refractivity contribution in [3.8, 4) is 5.75 Å². The van der Waals surface area contributed by atoms with E-state index in [4.69, 9.17) is 4.74 Å². The van der Waals surface area contributed by atoms with Crippen LogP contribution in [0.15, 0.2) is 18.2 Å². The van der Waals surface area contributed by atoms with Gasteiger partial charge in [-0.25, -0.2) is 0 Å². The van der Waals surface area contributed by atoms with Gasteiger partial charge in [-0.1, -0.05) is 0 Å². The number of rotatable bonds is 4. The van der Waals surface area contributed by atoms with Crippen LogP contribution in [0, 0.1) is 10.1 Å². The first-order chi connectivity index (χ1) is 8.11. The van der Waals surface area contributed by atoms with E-state index < -0.39 is 4.92 Å². The number of non-ortho nitro benzene ring substituents is 1.